The van der Waals surface area contributed by atoms with E-state index in [0.29, 0.717) is 11.7 Å². The molecule has 2 rings (SSSR count). The Morgan fingerprint density at radius 3 is 2.21 bits per heavy atom. The van der Waals surface area contributed by atoms with Gasteiger partial charge in [-0.05, 0) is 5.56 Å². The number of carbonyl (C=O) groups is 1. The second kappa shape index (κ2) is 2.94. The van der Waals surface area contributed by atoms with Crippen LogP contribution in [0.15, 0.2) is 30.3 Å². The van der Waals surface area contributed by atoms with Crippen molar-refractivity contribution in [2.45, 2.75) is 26.7 Å². The molecule has 1 fully saturated rings. The van der Waals surface area contributed by atoms with Gasteiger partial charge >= 0.3 is 0 Å². The summed E-state index contributed by atoms with van der Waals surface area (Å²) < 4.78 is 0. The van der Waals surface area contributed by atoms with Crippen LogP contribution >= 0.6 is 0 Å². The maximum Gasteiger partial charge on any atom is 0.142 e. The average molecular weight is 188 g/mol. The highest BCUT2D eigenvalue weighted by atomic mass is 16.1. The Kier molecular flexibility index (Phi) is 1.99. The van der Waals surface area contributed by atoms with E-state index in [0.717, 1.165) is 0 Å². The largest absolute Gasteiger partial charge is 0.299 e. The van der Waals surface area contributed by atoms with Crippen LogP contribution in [0.5, 0.6) is 0 Å². The number of rotatable bonds is 1. The second-order valence-corrected chi connectivity index (χ2v) is 4.76. The molecule has 1 aromatic rings. The van der Waals surface area contributed by atoms with Crippen molar-refractivity contribution < 1.29 is 4.79 Å². The van der Waals surface area contributed by atoms with Crippen molar-refractivity contribution >= 4 is 5.78 Å². The van der Waals surface area contributed by atoms with Gasteiger partial charge in [-0.3, -0.25) is 4.79 Å². The van der Waals surface area contributed by atoms with E-state index in [2.05, 4.69) is 12.1 Å². The van der Waals surface area contributed by atoms with Gasteiger partial charge in [-0.25, -0.2) is 0 Å². The molecule has 0 saturated heterocycles. The minimum absolute atomic E-state index is 0.166. The predicted molar refractivity (Wildman–Crippen MR) is 57.1 cm³/mol. The van der Waals surface area contributed by atoms with E-state index in [4.69, 9.17) is 0 Å². The molecule has 74 valence electrons. The van der Waals surface area contributed by atoms with Gasteiger partial charge in [0.25, 0.3) is 0 Å². The molecule has 0 aliphatic heterocycles. The van der Waals surface area contributed by atoms with E-state index in [9.17, 15) is 4.79 Å². The van der Waals surface area contributed by atoms with Gasteiger partial charge in [0.05, 0.1) is 0 Å². The molecule has 2 atom stereocenters. The first-order valence-electron chi connectivity index (χ1n) is 5.14. The molecule has 14 heavy (non-hydrogen) atoms. The number of carbonyl (C=O) groups excluding carboxylic acids is 1. The summed E-state index contributed by atoms with van der Waals surface area (Å²) in [6.45, 7) is 6.13. The van der Waals surface area contributed by atoms with Crippen LogP contribution in [0.2, 0.25) is 0 Å². The fraction of sp³-hybridized carbons (Fsp3) is 0.462. The topological polar surface area (TPSA) is 17.1 Å². The minimum atomic E-state index is -0.166. The predicted octanol–water partition coefficient (Wildman–Crippen LogP) is 3.02. The van der Waals surface area contributed by atoms with Crippen molar-refractivity contribution in [2.75, 3.05) is 0 Å². The van der Waals surface area contributed by atoms with E-state index in [1.807, 2.05) is 39.0 Å². The number of benzene rings is 1. The molecule has 0 aromatic heterocycles. The van der Waals surface area contributed by atoms with Gasteiger partial charge < -0.3 is 0 Å². The standard InChI is InChI=1S/C13H16O/c1-9-11(13(2,3)12(9)14)10-7-5-4-6-8-10/h4-9,11H,1-3H3. The number of hydrogen-bond donors (Lipinski definition) is 0. The molecule has 1 aliphatic carbocycles. The van der Waals surface area contributed by atoms with Crippen molar-refractivity contribution in [1.29, 1.82) is 0 Å². The van der Waals surface area contributed by atoms with Crippen molar-refractivity contribution in [1.82, 2.24) is 0 Å². The molecule has 2 unspecified atom stereocenters. The SMILES string of the molecule is CC1C(=O)C(C)(C)C1c1ccccc1. The Hall–Kier alpha value is -1.11. The summed E-state index contributed by atoms with van der Waals surface area (Å²) in [6, 6.07) is 10.3. The van der Waals surface area contributed by atoms with Gasteiger partial charge in [-0.15, -0.1) is 0 Å². The van der Waals surface area contributed by atoms with E-state index >= 15 is 0 Å². The smallest absolute Gasteiger partial charge is 0.142 e. The molecular formula is C13H16O. The molecule has 0 N–H and O–H groups in total. The summed E-state index contributed by atoms with van der Waals surface area (Å²) >= 11 is 0. The lowest BCUT2D eigenvalue weighted by atomic mass is 9.53. The molecule has 0 radical (unpaired) electrons. The lowest BCUT2D eigenvalue weighted by Gasteiger charge is -2.48. The molecule has 0 spiro atoms. The summed E-state index contributed by atoms with van der Waals surface area (Å²) in [5.41, 5.74) is 1.13. The highest BCUT2D eigenvalue weighted by Gasteiger charge is 2.53. The molecule has 1 heteroatoms. The van der Waals surface area contributed by atoms with Crippen LogP contribution in [-0.4, -0.2) is 5.78 Å². The van der Waals surface area contributed by atoms with Gasteiger partial charge in [0.15, 0.2) is 0 Å². The number of Topliss-reactive ketones (excluding diaryl/α,β-unsaturated/α-hetero) is 1. The molecule has 1 nitrogen and oxygen atoms in total. The van der Waals surface area contributed by atoms with E-state index in [1.54, 1.807) is 0 Å². The highest BCUT2D eigenvalue weighted by Crippen LogP contribution is 2.53. The maximum absolute atomic E-state index is 11.7. The zero-order chi connectivity index (χ0) is 10.3. The Bertz CT molecular complexity index is 351. The number of hydrogen-bond acceptors (Lipinski definition) is 1. The summed E-state index contributed by atoms with van der Waals surface area (Å²) in [5.74, 6) is 0.981. The molecule has 0 heterocycles. The summed E-state index contributed by atoms with van der Waals surface area (Å²) in [5, 5.41) is 0. The first-order chi connectivity index (χ1) is 6.55. The van der Waals surface area contributed by atoms with Crippen LogP contribution in [-0.2, 0) is 4.79 Å². The van der Waals surface area contributed by atoms with Crippen molar-refractivity contribution in [3.8, 4) is 0 Å². The van der Waals surface area contributed by atoms with Crippen LogP contribution in [0.1, 0.15) is 32.3 Å². The molecule has 1 saturated carbocycles. The van der Waals surface area contributed by atoms with Crippen LogP contribution in [0.25, 0.3) is 0 Å². The quantitative estimate of drug-likeness (QED) is 0.662. The zero-order valence-corrected chi connectivity index (χ0v) is 8.95. The van der Waals surface area contributed by atoms with Crippen molar-refractivity contribution in [3.63, 3.8) is 0 Å². The second-order valence-electron chi connectivity index (χ2n) is 4.76. The molecule has 1 aromatic carbocycles. The fourth-order valence-corrected chi connectivity index (χ4v) is 2.79. The van der Waals surface area contributed by atoms with Gasteiger partial charge in [-0.2, -0.15) is 0 Å². The van der Waals surface area contributed by atoms with Crippen LogP contribution in [0.4, 0.5) is 0 Å². The summed E-state index contributed by atoms with van der Waals surface area (Å²) in [6.07, 6.45) is 0. The monoisotopic (exact) mass is 188 g/mol. The van der Waals surface area contributed by atoms with Gasteiger partial charge in [-0.1, -0.05) is 51.1 Å². The van der Waals surface area contributed by atoms with Gasteiger partial charge in [0.1, 0.15) is 5.78 Å². The summed E-state index contributed by atoms with van der Waals surface area (Å²) in [7, 11) is 0. The zero-order valence-electron chi connectivity index (χ0n) is 8.95. The van der Waals surface area contributed by atoms with E-state index in [1.165, 1.54) is 5.56 Å². The average Bonchev–Trinajstić information content (AvgIpc) is 2.18. The molecule has 0 amide bonds. The number of ketones is 1. The van der Waals surface area contributed by atoms with Gasteiger partial charge in [0, 0.05) is 17.3 Å². The Morgan fingerprint density at radius 2 is 1.71 bits per heavy atom. The van der Waals surface area contributed by atoms with E-state index in [-0.39, 0.29) is 11.3 Å². The van der Waals surface area contributed by atoms with Crippen LogP contribution in [0, 0.1) is 11.3 Å². The first-order valence-corrected chi connectivity index (χ1v) is 5.14. The lowest BCUT2D eigenvalue weighted by Crippen LogP contribution is -2.51. The van der Waals surface area contributed by atoms with E-state index < -0.39 is 0 Å². The summed E-state index contributed by atoms with van der Waals surface area (Å²) in [4.78, 5) is 11.7. The Balaban J connectivity index is 2.34. The highest BCUT2D eigenvalue weighted by molar-refractivity contribution is 5.94. The van der Waals surface area contributed by atoms with Gasteiger partial charge in [0.2, 0.25) is 0 Å². The van der Waals surface area contributed by atoms with Crippen molar-refractivity contribution in [3.05, 3.63) is 35.9 Å². The third-order valence-corrected chi connectivity index (χ3v) is 3.48. The lowest BCUT2D eigenvalue weighted by molar-refractivity contribution is -0.145. The molecular weight excluding hydrogens is 172 g/mol. The Labute approximate surface area is 85.1 Å². The third-order valence-electron chi connectivity index (χ3n) is 3.48. The Morgan fingerprint density at radius 1 is 1.14 bits per heavy atom. The van der Waals surface area contributed by atoms with Crippen molar-refractivity contribution in [2.24, 2.45) is 11.3 Å². The third kappa shape index (κ3) is 1.12. The molecule has 0 bridgehead atoms. The normalized spacial score (nSPS) is 29.8. The van der Waals surface area contributed by atoms with Crippen LogP contribution < -0.4 is 0 Å². The van der Waals surface area contributed by atoms with Crippen LogP contribution in [0.3, 0.4) is 0 Å². The fourth-order valence-electron chi connectivity index (χ4n) is 2.79. The molecule has 1 aliphatic rings. The maximum atomic E-state index is 11.7. The minimum Gasteiger partial charge on any atom is -0.299 e. The first kappa shape index (κ1) is 9.45.